The predicted octanol–water partition coefficient (Wildman–Crippen LogP) is 2.23. The van der Waals surface area contributed by atoms with E-state index in [4.69, 9.17) is 5.11 Å². The first kappa shape index (κ1) is 16.6. The molecule has 1 N–H and O–H groups in total. The summed E-state index contributed by atoms with van der Waals surface area (Å²) in [7, 11) is 0. The van der Waals surface area contributed by atoms with E-state index < -0.39 is 23.3 Å². The maximum absolute atomic E-state index is 12.4. The quantitative estimate of drug-likeness (QED) is 0.640. The first-order chi connectivity index (χ1) is 9.76. The number of nitro groups is 1. The summed E-state index contributed by atoms with van der Waals surface area (Å²) in [6, 6.07) is 3.79. The van der Waals surface area contributed by atoms with E-state index in [9.17, 15) is 19.7 Å². The molecule has 114 valence electrons. The molecule has 1 rings (SSSR count). The number of aliphatic carboxylic acids is 1. The van der Waals surface area contributed by atoms with E-state index in [0.717, 1.165) is 0 Å². The number of aryl methyl sites for hydroxylation is 1. The fourth-order valence-corrected chi connectivity index (χ4v) is 1.95. The second-order valence-corrected chi connectivity index (χ2v) is 4.90. The fraction of sp³-hybridized carbons (Fsp3) is 0.429. The van der Waals surface area contributed by atoms with Gasteiger partial charge in [-0.25, -0.2) is 0 Å². The Bertz CT molecular complexity index is 570. The van der Waals surface area contributed by atoms with E-state index in [-0.39, 0.29) is 17.3 Å². The Morgan fingerprint density at radius 1 is 1.38 bits per heavy atom. The van der Waals surface area contributed by atoms with Gasteiger partial charge in [0.05, 0.1) is 4.92 Å². The lowest BCUT2D eigenvalue weighted by Crippen LogP contribution is -2.41. The van der Waals surface area contributed by atoms with Crippen molar-refractivity contribution in [2.24, 2.45) is 0 Å². The number of benzene rings is 1. The predicted molar refractivity (Wildman–Crippen MR) is 76.3 cm³/mol. The number of carboxylic acids is 1. The van der Waals surface area contributed by atoms with Crippen LogP contribution in [0, 0.1) is 17.0 Å². The van der Waals surface area contributed by atoms with Crippen LogP contribution in [-0.2, 0) is 4.79 Å². The average Bonchev–Trinajstić information content (AvgIpc) is 2.42. The van der Waals surface area contributed by atoms with Gasteiger partial charge < -0.3 is 10.0 Å². The van der Waals surface area contributed by atoms with Crippen molar-refractivity contribution in [1.29, 1.82) is 0 Å². The number of nitrogens with zero attached hydrogens (tertiary/aromatic N) is 2. The minimum atomic E-state index is -1.12. The molecule has 0 spiro atoms. The molecule has 0 heterocycles. The van der Waals surface area contributed by atoms with Crippen LogP contribution in [-0.4, -0.2) is 39.4 Å². The topological polar surface area (TPSA) is 101 Å². The Balaban J connectivity index is 3.19. The summed E-state index contributed by atoms with van der Waals surface area (Å²) in [5.41, 5.74) is 0.521. The third-order valence-electron chi connectivity index (χ3n) is 3.21. The molecule has 1 unspecified atom stereocenters. The third-order valence-corrected chi connectivity index (χ3v) is 3.21. The number of carbonyl (C=O) groups excluding carboxylic acids is 1. The Kier molecular flexibility index (Phi) is 5.40. The average molecular weight is 294 g/mol. The first-order valence-corrected chi connectivity index (χ1v) is 6.55. The molecular weight excluding hydrogens is 276 g/mol. The van der Waals surface area contributed by atoms with Crippen molar-refractivity contribution < 1.29 is 19.6 Å². The normalized spacial score (nSPS) is 11.8. The second-order valence-electron chi connectivity index (χ2n) is 4.90. The van der Waals surface area contributed by atoms with Gasteiger partial charge >= 0.3 is 5.97 Å². The molecule has 0 saturated carbocycles. The van der Waals surface area contributed by atoms with Crippen LogP contribution in [0.2, 0.25) is 0 Å². The van der Waals surface area contributed by atoms with Crippen molar-refractivity contribution in [1.82, 2.24) is 4.90 Å². The van der Waals surface area contributed by atoms with Crippen molar-refractivity contribution in [3.63, 3.8) is 0 Å². The van der Waals surface area contributed by atoms with Crippen LogP contribution in [0.15, 0.2) is 18.2 Å². The maximum Gasteiger partial charge on any atom is 0.323 e. The zero-order chi connectivity index (χ0) is 16.2. The molecule has 0 saturated heterocycles. The number of nitro benzene ring substituents is 1. The summed E-state index contributed by atoms with van der Waals surface area (Å²) < 4.78 is 0. The smallest absolute Gasteiger partial charge is 0.323 e. The summed E-state index contributed by atoms with van der Waals surface area (Å²) >= 11 is 0. The Labute approximate surface area is 122 Å². The summed E-state index contributed by atoms with van der Waals surface area (Å²) in [5.74, 6) is -1.63. The van der Waals surface area contributed by atoms with Gasteiger partial charge in [0.25, 0.3) is 11.6 Å². The van der Waals surface area contributed by atoms with Crippen LogP contribution in [0.3, 0.4) is 0 Å². The first-order valence-electron chi connectivity index (χ1n) is 6.55. The summed E-state index contributed by atoms with van der Waals surface area (Å²) in [5, 5.41) is 19.8. The van der Waals surface area contributed by atoms with Crippen molar-refractivity contribution in [2.45, 2.75) is 33.2 Å². The lowest BCUT2D eigenvalue weighted by molar-refractivity contribution is -0.384. The van der Waals surface area contributed by atoms with Crippen molar-refractivity contribution >= 4 is 17.6 Å². The molecule has 0 aliphatic heterocycles. The Morgan fingerprint density at radius 2 is 2.00 bits per heavy atom. The monoisotopic (exact) mass is 294 g/mol. The van der Waals surface area contributed by atoms with Crippen molar-refractivity contribution in [2.75, 3.05) is 6.54 Å². The molecule has 0 aliphatic rings. The Hall–Kier alpha value is -2.44. The highest BCUT2D eigenvalue weighted by atomic mass is 16.6. The summed E-state index contributed by atoms with van der Waals surface area (Å²) in [4.78, 5) is 34.8. The summed E-state index contributed by atoms with van der Waals surface area (Å²) in [6.07, 6.45) is 0.590. The molecule has 1 aromatic carbocycles. The van der Waals surface area contributed by atoms with Gasteiger partial charge in [-0.05, 0) is 31.9 Å². The molecule has 0 bridgehead atoms. The standard InChI is InChI=1S/C14H18N2O5/c1-4-10(3)15(8-13(17)18)14(19)11-5-9(2)6-12(7-11)16(20)21/h5-7,10H,4,8H2,1-3H3,(H,17,18). The van der Waals surface area contributed by atoms with Gasteiger partial charge in [0.2, 0.25) is 0 Å². The fourth-order valence-electron chi connectivity index (χ4n) is 1.95. The largest absolute Gasteiger partial charge is 0.480 e. The molecule has 0 fully saturated rings. The lowest BCUT2D eigenvalue weighted by atomic mass is 10.1. The van der Waals surface area contributed by atoms with Gasteiger partial charge in [0, 0.05) is 23.7 Å². The number of non-ortho nitro benzene ring substituents is 1. The molecular formula is C14H18N2O5. The number of rotatable bonds is 6. The molecule has 21 heavy (non-hydrogen) atoms. The van der Waals surface area contributed by atoms with Gasteiger partial charge in [0.1, 0.15) is 6.54 Å². The van der Waals surface area contributed by atoms with E-state index in [0.29, 0.717) is 12.0 Å². The third kappa shape index (κ3) is 4.27. The lowest BCUT2D eigenvalue weighted by Gasteiger charge is -2.27. The zero-order valence-corrected chi connectivity index (χ0v) is 12.2. The van der Waals surface area contributed by atoms with Crippen molar-refractivity contribution in [3.05, 3.63) is 39.4 Å². The van der Waals surface area contributed by atoms with Crippen LogP contribution >= 0.6 is 0 Å². The molecule has 1 atom stereocenters. The van der Waals surface area contributed by atoms with E-state index in [1.54, 1.807) is 13.8 Å². The highest BCUT2D eigenvalue weighted by molar-refractivity contribution is 5.96. The van der Waals surface area contributed by atoms with Gasteiger partial charge in [0.15, 0.2) is 0 Å². The van der Waals surface area contributed by atoms with Gasteiger partial charge in [-0.1, -0.05) is 6.92 Å². The molecule has 0 aliphatic carbocycles. The highest BCUT2D eigenvalue weighted by Crippen LogP contribution is 2.19. The number of hydrogen-bond donors (Lipinski definition) is 1. The number of amides is 1. The van der Waals surface area contributed by atoms with Crippen LogP contribution in [0.25, 0.3) is 0 Å². The molecule has 7 heteroatoms. The van der Waals surface area contributed by atoms with E-state index in [1.165, 1.54) is 23.1 Å². The molecule has 0 aromatic heterocycles. The molecule has 1 amide bonds. The van der Waals surface area contributed by atoms with Crippen LogP contribution in [0.1, 0.15) is 36.2 Å². The van der Waals surface area contributed by atoms with Crippen LogP contribution in [0.5, 0.6) is 0 Å². The number of hydrogen-bond acceptors (Lipinski definition) is 4. The van der Waals surface area contributed by atoms with E-state index >= 15 is 0 Å². The van der Waals surface area contributed by atoms with Gasteiger partial charge in [-0.15, -0.1) is 0 Å². The second kappa shape index (κ2) is 6.83. The van der Waals surface area contributed by atoms with Crippen LogP contribution < -0.4 is 0 Å². The van der Waals surface area contributed by atoms with E-state index in [2.05, 4.69) is 0 Å². The Morgan fingerprint density at radius 3 is 2.48 bits per heavy atom. The molecule has 1 aromatic rings. The number of carboxylic acid groups (broad SMARTS) is 1. The number of carbonyl (C=O) groups is 2. The minimum absolute atomic E-state index is 0.128. The maximum atomic E-state index is 12.4. The SMILES string of the molecule is CCC(C)N(CC(=O)O)C(=O)c1cc(C)cc([N+](=O)[O-])c1. The zero-order valence-electron chi connectivity index (χ0n) is 12.2. The van der Waals surface area contributed by atoms with Gasteiger partial charge in [-0.2, -0.15) is 0 Å². The van der Waals surface area contributed by atoms with Crippen LogP contribution in [0.4, 0.5) is 5.69 Å². The molecule has 0 radical (unpaired) electrons. The van der Waals surface area contributed by atoms with E-state index in [1.807, 2.05) is 6.92 Å². The summed E-state index contributed by atoms with van der Waals surface area (Å²) in [6.45, 7) is 4.79. The highest BCUT2D eigenvalue weighted by Gasteiger charge is 2.24. The minimum Gasteiger partial charge on any atom is -0.480 e. The van der Waals surface area contributed by atoms with Crippen molar-refractivity contribution in [3.8, 4) is 0 Å². The molecule has 7 nitrogen and oxygen atoms in total. The van der Waals surface area contributed by atoms with Gasteiger partial charge in [-0.3, -0.25) is 19.7 Å².